The summed E-state index contributed by atoms with van der Waals surface area (Å²) in [4.78, 5) is 2.34. The highest BCUT2D eigenvalue weighted by Gasteiger charge is 2.06. The lowest BCUT2D eigenvalue weighted by Crippen LogP contribution is -2.05. The lowest BCUT2D eigenvalue weighted by Gasteiger charge is -2.10. The molecule has 0 amide bonds. The van der Waals surface area contributed by atoms with E-state index in [1.807, 2.05) is 37.4 Å². The third-order valence-electron chi connectivity index (χ3n) is 2.70. The van der Waals surface area contributed by atoms with Gasteiger partial charge in [0.25, 0.3) is 0 Å². The zero-order chi connectivity index (χ0) is 12.8. The molecule has 0 atom stereocenters. The molecule has 102 valence electrons. The van der Waals surface area contributed by atoms with Gasteiger partial charge in [0.1, 0.15) is 0 Å². The number of hydrogen-bond acceptors (Lipinski definition) is 3. The van der Waals surface area contributed by atoms with Gasteiger partial charge >= 0.3 is 0 Å². The third kappa shape index (κ3) is 4.25. The van der Waals surface area contributed by atoms with E-state index in [-0.39, 0.29) is 19.0 Å². The normalized spacial score (nSPS) is 10.0. The fourth-order valence-electron chi connectivity index (χ4n) is 1.79. The number of halogens is 1. The van der Waals surface area contributed by atoms with Gasteiger partial charge in [-0.25, -0.2) is 0 Å². The van der Waals surface area contributed by atoms with Gasteiger partial charge in [-0.1, -0.05) is 48.2 Å². The van der Waals surface area contributed by atoms with Crippen LogP contribution in [0.4, 0.5) is 0 Å². The average Bonchev–Trinajstić information content (AvgIpc) is 2.42. The number of rotatable bonds is 5. The molecule has 0 spiro atoms. The Hall–Kier alpha value is -1.00. The van der Waals surface area contributed by atoms with Crippen LogP contribution < -0.4 is 5.32 Å². The number of hydrogen-bond donors (Lipinski definition) is 2. The van der Waals surface area contributed by atoms with E-state index in [4.69, 9.17) is 0 Å². The van der Waals surface area contributed by atoms with Gasteiger partial charge in [0, 0.05) is 16.3 Å². The molecule has 0 aromatic heterocycles. The Morgan fingerprint density at radius 1 is 0.947 bits per heavy atom. The quantitative estimate of drug-likeness (QED) is 0.886. The first kappa shape index (κ1) is 16.1. The fraction of sp³-hybridized carbons (Fsp3) is 0.200. The Balaban J connectivity index is 0.00000180. The van der Waals surface area contributed by atoms with E-state index in [0.29, 0.717) is 0 Å². The highest BCUT2D eigenvalue weighted by atomic mass is 35.5. The summed E-state index contributed by atoms with van der Waals surface area (Å²) in [5.41, 5.74) is 2.25. The van der Waals surface area contributed by atoms with E-state index < -0.39 is 0 Å². The van der Waals surface area contributed by atoms with Gasteiger partial charge in [-0.15, -0.1) is 12.4 Å². The minimum atomic E-state index is 0. The molecular weight excluding hydrogens is 278 g/mol. The van der Waals surface area contributed by atoms with Gasteiger partial charge in [0.2, 0.25) is 0 Å². The summed E-state index contributed by atoms with van der Waals surface area (Å²) in [6, 6.07) is 16.3. The van der Waals surface area contributed by atoms with E-state index in [9.17, 15) is 5.11 Å². The predicted octanol–water partition coefficient (Wildman–Crippen LogP) is 3.47. The van der Waals surface area contributed by atoms with Crippen LogP contribution in [0.3, 0.4) is 0 Å². The Kier molecular flexibility index (Phi) is 6.95. The highest BCUT2D eigenvalue weighted by Crippen LogP contribution is 2.32. The number of benzene rings is 2. The first-order chi connectivity index (χ1) is 8.85. The predicted molar refractivity (Wildman–Crippen MR) is 82.9 cm³/mol. The van der Waals surface area contributed by atoms with Crippen molar-refractivity contribution in [3.8, 4) is 0 Å². The van der Waals surface area contributed by atoms with Crippen LogP contribution in [-0.4, -0.2) is 12.2 Å². The van der Waals surface area contributed by atoms with Crippen LogP contribution in [0, 0.1) is 0 Å². The standard InChI is InChI=1S/C15H17NOS.ClH/c1-16-10-12-6-2-4-8-14(12)18-15-9-5-3-7-13(15)11-17;/h2-9,16-17H,10-11H2,1H3;1H. The van der Waals surface area contributed by atoms with E-state index in [1.165, 1.54) is 10.5 Å². The third-order valence-corrected chi connectivity index (χ3v) is 3.94. The molecule has 0 saturated heterocycles. The molecule has 2 nitrogen and oxygen atoms in total. The maximum Gasteiger partial charge on any atom is 0.0692 e. The van der Waals surface area contributed by atoms with Crippen molar-refractivity contribution >= 4 is 24.2 Å². The van der Waals surface area contributed by atoms with Gasteiger partial charge in [0.15, 0.2) is 0 Å². The Labute approximate surface area is 124 Å². The minimum Gasteiger partial charge on any atom is -0.392 e. The zero-order valence-electron chi connectivity index (χ0n) is 10.8. The molecule has 2 rings (SSSR count). The molecule has 2 aromatic rings. The van der Waals surface area contributed by atoms with Gasteiger partial charge in [-0.05, 0) is 30.3 Å². The molecule has 2 N–H and O–H groups in total. The van der Waals surface area contributed by atoms with Crippen molar-refractivity contribution in [2.45, 2.75) is 22.9 Å². The second kappa shape index (κ2) is 8.23. The lowest BCUT2D eigenvalue weighted by molar-refractivity contribution is 0.279. The summed E-state index contributed by atoms with van der Waals surface area (Å²) in [5, 5.41) is 12.5. The van der Waals surface area contributed by atoms with Crippen molar-refractivity contribution in [3.63, 3.8) is 0 Å². The average molecular weight is 296 g/mol. The Bertz CT molecular complexity index is 519. The van der Waals surface area contributed by atoms with Crippen molar-refractivity contribution in [2.75, 3.05) is 7.05 Å². The zero-order valence-corrected chi connectivity index (χ0v) is 12.4. The van der Waals surface area contributed by atoms with Crippen molar-refractivity contribution in [1.82, 2.24) is 5.32 Å². The van der Waals surface area contributed by atoms with Crippen LogP contribution >= 0.6 is 24.2 Å². The SMILES string of the molecule is CNCc1ccccc1Sc1ccccc1CO.Cl. The maximum absolute atomic E-state index is 9.34. The first-order valence-corrected chi connectivity index (χ1v) is 6.76. The Morgan fingerprint density at radius 3 is 2.05 bits per heavy atom. The summed E-state index contributed by atoms with van der Waals surface area (Å²) in [6.07, 6.45) is 0. The van der Waals surface area contributed by atoms with Crippen LogP contribution in [0.25, 0.3) is 0 Å². The summed E-state index contributed by atoms with van der Waals surface area (Å²) in [5.74, 6) is 0. The minimum absolute atomic E-state index is 0. The van der Waals surface area contributed by atoms with E-state index in [0.717, 1.165) is 17.0 Å². The molecule has 0 aliphatic carbocycles. The molecule has 0 fully saturated rings. The highest BCUT2D eigenvalue weighted by molar-refractivity contribution is 7.99. The molecule has 2 aromatic carbocycles. The van der Waals surface area contributed by atoms with Gasteiger partial charge < -0.3 is 10.4 Å². The fourth-order valence-corrected chi connectivity index (χ4v) is 2.86. The van der Waals surface area contributed by atoms with E-state index in [2.05, 4.69) is 23.5 Å². The van der Waals surface area contributed by atoms with E-state index in [1.54, 1.807) is 11.8 Å². The lowest BCUT2D eigenvalue weighted by atomic mass is 10.2. The molecule has 4 heteroatoms. The molecular formula is C15H18ClNOS. The second-order valence-electron chi connectivity index (χ2n) is 4.01. The molecule has 0 aliphatic heterocycles. The summed E-state index contributed by atoms with van der Waals surface area (Å²) >= 11 is 1.71. The molecule has 0 saturated carbocycles. The monoisotopic (exact) mass is 295 g/mol. The molecule has 0 aliphatic rings. The van der Waals surface area contributed by atoms with Crippen LogP contribution in [0.5, 0.6) is 0 Å². The molecule has 0 radical (unpaired) electrons. The van der Waals surface area contributed by atoms with Crippen molar-refractivity contribution < 1.29 is 5.11 Å². The van der Waals surface area contributed by atoms with Crippen molar-refractivity contribution in [1.29, 1.82) is 0 Å². The number of nitrogens with one attached hydrogen (secondary N) is 1. The van der Waals surface area contributed by atoms with Crippen LogP contribution in [0.1, 0.15) is 11.1 Å². The van der Waals surface area contributed by atoms with Crippen LogP contribution in [0.15, 0.2) is 58.3 Å². The molecule has 0 heterocycles. The Morgan fingerprint density at radius 2 is 1.47 bits per heavy atom. The van der Waals surface area contributed by atoms with Gasteiger partial charge in [-0.2, -0.15) is 0 Å². The molecule has 0 unspecified atom stereocenters. The number of aliphatic hydroxyl groups excluding tert-OH is 1. The largest absolute Gasteiger partial charge is 0.392 e. The smallest absolute Gasteiger partial charge is 0.0692 e. The summed E-state index contributed by atoms with van der Waals surface area (Å²) in [7, 11) is 1.95. The number of aliphatic hydroxyl groups is 1. The van der Waals surface area contributed by atoms with Crippen LogP contribution in [-0.2, 0) is 13.2 Å². The molecule has 0 bridgehead atoms. The maximum atomic E-state index is 9.34. The summed E-state index contributed by atoms with van der Waals surface area (Å²) in [6.45, 7) is 0.932. The van der Waals surface area contributed by atoms with Crippen molar-refractivity contribution in [3.05, 3.63) is 59.7 Å². The summed E-state index contributed by atoms with van der Waals surface area (Å²) < 4.78 is 0. The van der Waals surface area contributed by atoms with Gasteiger partial charge in [-0.3, -0.25) is 0 Å². The first-order valence-electron chi connectivity index (χ1n) is 5.94. The van der Waals surface area contributed by atoms with Gasteiger partial charge in [0.05, 0.1) is 6.61 Å². The topological polar surface area (TPSA) is 32.3 Å². The van der Waals surface area contributed by atoms with Crippen LogP contribution in [0.2, 0.25) is 0 Å². The molecule has 19 heavy (non-hydrogen) atoms. The van der Waals surface area contributed by atoms with E-state index >= 15 is 0 Å². The van der Waals surface area contributed by atoms with Crippen molar-refractivity contribution in [2.24, 2.45) is 0 Å². The second-order valence-corrected chi connectivity index (χ2v) is 5.09.